The average molecular weight is 186 g/mol. The molecule has 1 aliphatic rings. The van der Waals surface area contributed by atoms with E-state index in [-0.39, 0.29) is 0 Å². The van der Waals surface area contributed by atoms with Gasteiger partial charge in [0.15, 0.2) is 0 Å². The van der Waals surface area contributed by atoms with Crippen LogP contribution in [0.25, 0.3) is 0 Å². The lowest BCUT2D eigenvalue weighted by Gasteiger charge is -2.32. The summed E-state index contributed by atoms with van der Waals surface area (Å²) in [4.78, 5) is 0. The standard InChI is InChI=1S/C11H22O2/c1-10(2)4-3-5-11(12)6-8-13-9-7-11/h10,12H,3-9H2,1-2H3. The zero-order valence-electron chi connectivity index (χ0n) is 8.88. The molecular weight excluding hydrogens is 164 g/mol. The van der Waals surface area contributed by atoms with Gasteiger partial charge >= 0.3 is 0 Å². The van der Waals surface area contributed by atoms with Gasteiger partial charge in [-0.15, -0.1) is 0 Å². The Morgan fingerprint density at radius 3 is 2.46 bits per heavy atom. The number of hydrogen-bond acceptors (Lipinski definition) is 2. The van der Waals surface area contributed by atoms with Crippen LogP contribution in [0.15, 0.2) is 0 Å². The molecule has 0 radical (unpaired) electrons. The number of rotatable bonds is 4. The first-order valence-corrected chi connectivity index (χ1v) is 5.42. The van der Waals surface area contributed by atoms with E-state index in [4.69, 9.17) is 4.74 Å². The van der Waals surface area contributed by atoms with E-state index in [0.717, 1.165) is 44.8 Å². The fraction of sp³-hybridized carbons (Fsp3) is 1.00. The highest BCUT2D eigenvalue weighted by atomic mass is 16.5. The average Bonchev–Trinajstić information content (AvgIpc) is 2.04. The Hall–Kier alpha value is -0.0800. The first kappa shape index (κ1) is 11.0. The van der Waals surface area contributed by atoms with Crippen molar-refractivity contribution in [2.24, 2.45) is 5.92 Å². The smallest absolute Gasteiger partial charge is 0.0691 e. The van der Waals surface area contributed by atoms with Crippen LogP contribution in [0.4, 0.5) is 0 Å². The SMILES string of the molecule is CC(C)CCCC1(O)CCOCC1. The second-order valence-corrected chi connectivity index (χ2v) is 4.62. The minimum atomic E-state index is -0.410. The molecule has 0 aromatic carbocycles. The molecule has 78 valence electrons. The van der Waals surface area contributed by atoms with Crippen molar-refractivity contribution in [2.45, 2.75) is 51.6 Å². The van der Waals surface area contributed by atoms with Gasteiger partial charge in [0.1, 0.15) is 0 Å². The van der Waals surface area contributed by atoms with E-state index in [9.17, 15) is 5.11 Å². The molecule has 1 N–H and O–H groups in total. The van der Waals surface area contributed by atoms with E-state index in [0.29, 0.717) is 0 Å². The molecule has 0 aromatic rings. The summed E-state index contributed by atoms with van der Waals surface area (Å²) in [7, 11) is 0. The summed E-state index contributed by atoms with van der Waals surface area (Å²) in [6, 6.07) is 0. The van der Waals surface area contributed by atoms with Gasteiger partial charge in [0.25, 0.3) is 0 Å². The van der Waals surface area contributed by atoms with Gasteiger partial charge in [0.05, 0.1) is 5.60 Å². The summed E-state index contributed by atoms with van der Waals surface area (Å²) >= 11 is 0. The van der Waals surface area contributed by atoms with Crippen molar-refractivity contribution in [3.8, 4) is 0 Å². The van der Waals surface area contributed by atoms with Crippen LogP contribution in [0.3, 0.4) is 0 Å². The van der Waals surface area contributed by atoms with Gasteiger partial charge in [0, 0.05) is 13.2 Å². The second kappa shape index (κ2) is 4.97. The Morgan fingerprint density at radius 2 is 1.92 bits per heavy atom. The van der Waals surface area contributed by atoms with Crippen molar-refractivity contribution >= 4 is 0 Å². The predicted octanol–water partition coefficient (Wildman–Crippen LogP) is 2.35. The van der Waals surface area contributed by atoms with Gasteiger partial charge in [-0.25, -0.2) is 0 Å². The maximum Gasteiger partial charge on any atom is 0.0691 e. The molecule has 1 fully saturated rings. The van der Waals surface area contributed by atoms with Crippen LogP contribution < -0.4 is 0 Å². The van der Waals surface area contributed by atoms with E-state index in [2.05, 4.69) is 13.8 Å². The quantitative estimate of drug-likeness (QED) is 0.730. The largest absolute Gasteiger partial charge is 0.390 e. The van der Waals surface area contributed by atoms with Crippen molar-refractivity contribution in [3.63, 3.8) is 0 Å². The van der Waals surface area contributed by atoms with Crippen LogP contribution >= 0.6 is 0 Å². The molecule has 1 aliphatic heterocycles. The first-order chi connectivity index (χ1) is 6.12. The zero-order valence-corrected chi connectivity index (χ0v) is 8.88. The zero-order chi connectivity index (χ0) is 9.73. The summed E-state index contributed by atoms with van der Waals surface area (Å²) in [5.74, 6) is 0.753. The highest BCUT2D eigenvalue weighted by molar-refractivity contribution is 4.80. The second-order valence-electron chi connectivity index (χ2n) is 4.62. The van der Waals surface area contributed by atoms with Gasteiger partial charge in [-0.3, -0.25) is 0 Å². The fourth-order valence-corrected chi connectivity index (χ4v) is 1.84. The van der Waals surface area contributed by atoms with Crippen LogP contribution in [-0.4, -0.2) is 23.9 Å². The molecule has 2 nitrogen and oxygen atoms in total. The molecule has 0 spiro atoms. The van der Waals surface area contributed by atoms with Crippen LogP contribution in [0, 0.1) is 5.92 Å². The third kappa shape index (κ3) is 4.10. The lowest BCUT2D eigenvalue weighted by atomic mass is 9.88. The molecule has 0 amide bonds. The topological polar surface area (TPSA) is 29.5 Å². The van der Waals surface area contributed by atoms with Gasteiger partial charge < -0.3 is 9.84 Å². The molecule has 0 bridgehead atoms. The Balaban J connectivity index is 2.17. The summed E-state index contributed by atoms with van der Waals surface area (Å²) in [6.45, 7) is 5.93. The van der Waals surface area contributed by atoms with E-state index in [1.165, 1.54) is 6.42 Å². The van der Waals surface area contributed by atoms with Gasteiger partial charge in [-0.05, 0) is 25.2 Å². The summed E-state index contributed by atoms with van der Waals surface area (Å²) in [5, 5.41) is 10.1. The van der Waals surface area contributed by atoms with Crippen LogP contribution in [0.2, 0.25) is 0 Å². The highest BCUT2D eigenvalue weighted by Crippen LogP contribution is 2.26. The predicted molar refractivity (Wildman–Crippen MR) is 53.7 cm³/mol. The molecular formula is C11H22O2. The maximum absolute atomic E-state index is 10.1. The van der Waals surface area contributed by atoms with E-state index in [1.807, 2.05) is 0 Å². The highest BCUT2D eigenvalue weighted by Gasteiger charge is 2.28. The molecule has 0 atom stereocenters. The van der Waals surface area contributed by atoms with Crippen LogP contribution in [-0.2, 0) is 4.74 Å². The lowest BCUT2D eigenvalue weighted by Crippen LogP contribution is -2.35. The van der Waals surface area contributed by atoms with Crippen molar-refractivity contribution in [3.05, 3.63) is 0 Å². The van der Waals surface area contributed by atoms with Crippen molar-refractivity contribution in [1.29, 1.82) is 0 Å². The summed E-state index contributed by atoms with van der Waals surface area (Å²) < 4.78 is 5.23. The first-order valence-electron chi connectivity index (χ1n) is 5.42. The molecule has 1 heterocycles. The Kier molecular flexibility index (Phi) is 4.20. The van der Waals surface area contributed by atoms with Crippen LogP contribution in [0.5, 0.6) is 0 Å². The molecule has 2 heteroatoms. The van der Waals surface area contributed by atoms with Crippen LogP contribution in [0.1, 0.15) is 46.0 Å². The third-order valence-corrected chi connectivity index (χ3v) is 2.85. The Bertz CT molecular complexity index is 137. The number of ether oxygens (including phenoxy) is 1. The summed E-state index contributed by atoms with van der Waals surface area (Å²) in [6.07, 6.45) is 4.97. The summed E-state index contributed by atoms with van der Waals surface area (Å²) in [5.41, 5.74) is -0.410. The normalized spacial score (nSPS) is 22.2. The van der Waals surface area contributed by atoms with E-state index in [1.54, 1.807) is 0 Å². The molecule has 1 rings (SSSR count). The fourth-order valence-electron chi connectivity index (χ4n) is 1.84. The lowest BCUT2D eigenvalue weighted by molar-refractivity contribution is -0.0693. The monoisotopic (exact) mass is 186 g/mol. The van der Waals surface area contributed by atoms with Crippen molar-refractivity contribution < 1.29 is 9.84 Å². The molecule has 13 heavy (non-hydrogen) atoms. The van der Waals surface area contributed by atoms with Crippen molar-refractivity contribution in [1.82, 2.24) is 0 Å². The maximum atomic E-state index is 10.1. The van der Waals surface area contributed by atoms with Gasteiger partial charge in [0.2, 0.25) is 0 Å². The molecule has 0 unspecified atom stereocenters. The Morgan fingerprint density at radius 1 is 1.31 bits per heavy atom. The van der Waals surface area contributed by atoms with E-state index < -0.39 is 5.60 Å². The van der Waals surface area contributed by atoms with Gasteiger partial charge in [-0.1, -0.05) is 26.7 Å². The van der Waals surface area contributed by atoms with E-state index >= 15 is 0 Å². The third-order valence-electron chi connectivity index (χ3n) is 2.85. The number of aliphatic hydroxyl groups is 1. The van der Waals surface area contributed by atoms with Gasteiger partial charge in [-0.2, -0.15) is 0 Å². The van der Waals surface area contributed by atoms with Crippen molar-refractivity contribution in [2.75, 3.05) is 13.2 Å². The molecule has 1 saturated heterocycles. The minimum absolute atomic E-state index is 0.410. The number of hydrogen-bond donors (Lipinski definition) is 1. The molecule has 0 aromatic heterocycles. The Labute approximate surface area is 81.3 Å². The minimum Gasteiger partial charge on any atom is -0.390 e. The molecule has 0 aliphatic carbocycles. The molecule has 0 saturated carbocycles.